The van der Waals surface area contributed by atoms with Crippen LogP contribution in [-0.4, -0.2) is 88.4 Å². The Morgan fingerprint density at radius 3 is 2.53 bits per heavy atom. The number of morpholine rings is 1. The molecular formula is C26H27N5O5. The second-order valence-corrected chi connectivity index (χ2v) is 9.55. The van der Waals surface area contributed by atoms with Crippen LogP contribution in [0.5, 0.6) is 0 Å². The summed E-state index contributed by atoms with van der Waals surface area (Å²) in [5.41, 5.74) is 3.55. The number of nitro benzene ring substituents is 1. The lowest BCUT2D eigenvalue weighted by atomic mass is 9.86. The van der Waals surface area contributed by atoms with Crippen molar-refractivity contribution >= 4 is 28.4 Å². The minimum absolute atomic E-state index is 0.0154. The van der Waals surface area contributed by atoms with Crippen LogP contribution in [0.15, 0.2) is 48.5 Å². The summed E-state index contributed by atoms with van der Waals surface area (Å²) >= 11 is 0. The third kappa shape index (κ3) is 3.82. The summed E-state index contributed by atoms with van der Waals surface area (Å²) in [4.78, 5) is 47.2. The minimum Gasteiger partial charge on any atom is -0.379 e. The summed E-state index contributed by atoms with van der Waals surface area (Å²) in [6.07, 6.45) is 0.432. The van der Waals surface area contributed by atoms with Crippen molar-refractivity contribution < 1.29 is 19.2 Å². The number of aromatic amines is 1. The largest absolute Gasteiger partial charge is 0.379 e. The van der Waals surface area contributed by atoms with Gasteiger partial charge in [-0.05, 0) is 29.3 Å². The van der Waals surface area contributed by atoms with E-state index in [4.69, 9.17) is 4.74 Å². The summed E-state index contributed by atoms with van der Waals surface area (Å²) in [5, 5.41) is 12.2. The van der Waals surface area contributed by atoms with E-state index in [0.717, 1.165) is 40.8 Å². The number of aromatic nitrogens is 1. The average molecular weight is 490 g/mol. The average Bonchev–Trinajstić information content (AvgIpc) is 3.28. The van der Waals surface area contributed by atoms with Gasteiger partial charge in [0.1, 0.15) is 6.04 Å². The highest BCUT2D eigenvalue weighted by molar-refractivity contribution is 5.97. The summed E-state index contributed by atoms with van der Waals surface area (Å²) in [5.74, 6) is -0.167. The summed E-state index contributed by atoms with van der Waals surface area (Å²) in [6, 6.07) is 13.0. The standard InChI is InChI=1S/C26H27N5O5/c32-23-16-29(10-9-28-11-13-36-14-12-28)26(33)22-15-20-19-3-1-2-4-21(19)27-24(20)25(30(22)23)17-5-7-18(8-6-17)31(34)35/h1-8,22,25,27H,9-16H2/t22-,25?/m0/s1. The predicted molar refractivity (Wildman–Crippen MR) is 131 cm³/mol. The Labute approximate surface area is 207 Å². The molecule has 1 aromatic heterocycles. The first kappa shape index (κ1) is 22.7. The highest BCUT2D eigenvalue weighted by Crippen LogP contribution is 2.42. The number of nitrogens with zero attached hydrogens (tertiary/aromatic N) is 4. The summed E-state index contributed by atoms with van der Waals surface area (Å²) in [6.45, 7) is 4.25. The fraction of sp³-hybridized carbons (Fsp3) is 0.385. The molecule has 3 aromatic rings. The Kier molecular flexibility index (Phi) is 5.69. The maximum absolute atomic E-state index is 13.8. The molecule has 0 saturated carbocycles. The van der Waals surface area contributed by atoms with E-state index >= 15 is 0 Å². The molecule has 10 nitrogen and oxygen atoms in total. The quantitative estimate of drug-likeness (QED) is 0.434. The van der Waals surface area contributed by atoms with Crippen molar-refractivity contribution in [2.45, 2.75) is 18.5 Å². The van der Waals surface area contributed by atoms with Crippen LogP contribution in [0, 0.1) is 10.1 Å². The molecule has 0 spiro atoms. The highest BCUT2D eigenvalue weighted by atomic mass is 16.6. The lowest BCUT2D eigenvalue weighted by molar-refractivity contribution is -0.384. The van der Waals surface area contributed by atoms with Gasteiger partial charge in [0, 0.05) is 61.3 Å². The van der Waals surface area contributed by atoms with Crippen molar-refractivity contribution in [1.82, 2.24) is 19.7 Å². The van der Waals surface area contributed by atoms with Gasteiger partial charge >= 0.3 is 0 Å². The molecular weight excluding hydrogens is 462 g/mol. The molecule has 0 radical (unpaired) electrons. The zero-order valence-electron chi connectivity index (χ0n) is 19.8. The van der Waals surface area contributed by atoms with Gasteiger partial charge in [0.15, 0.2) is 0 Å². The van der Waals surface area contributed by atoms with E-state index in [9.17, 15) is 19.7 Å². The van der Waals surface area contributed by atoms with Gasteiger partial charge in [-0.3, -0.25) is 24.6 Å². The van der Waals surface area contributed by atoms with Crippen LogP contribution in [0.1, 0.15) is 22.9 Å². The van der Waals surface area contributed by atoms with E-state index in [1.807, 2.05) is 24.3 Å². The van der Waals surface area contributed by atoms with Gasteiger partial charge in [-0.25, -0.2) is 0 Å². The Balaban J connectivity index is 1.37. The van der Waals surface area contributed by atoms with E-state index in [1.165, 1.54) is 12.1 Å². The van der Waals surface area contributed by atoms with Gasteiger partial charge in [0.05, 0.1) is 30.7 Å². The molecule has 2 aromatic carbocycles. The molecule has 2 amide bonds. The fourth-order valence-corrected chi connectivity index (χ4v) is 5.72. The molecule has 2 atom stereocenters. The van der Waals surface area contributed by atoms with E-state index in [-0.39, 0.29) is 24.0 Å². The number of nitro groups is 1. The minimum atomic E-state index is -0.622. The normalized spacial score (nSPS) is 22.6. The van der Waals surface area contributed by atoms with Crippen LogP contribution in [0.3, 0.4) is 0 Å². The lowest BCUT2D eigenvalue weighted by Crippen LogP contribution is -2.63. The van der Waals surface area contributed by atoms with Gasteiger partial charge < -0.3 is 19.5 Å². The maximum Gasteiger partial charge on any atom is 0.269 e. The van der Waals surface area contributed by atoms with E-state index in [1.54, 1.807) is 21.9 Å². The third-order valence-corrected chi connectivity index (χ3v) is 7.55. The highest BCUT2D eigenvalue weighted by Gasteiger charge is 2.48. The first-order chi connectivity index (χ1) is 17.5. The SMILES string of the molecule is O=C1[C@@H]2Cc3c([nH]c4ccccc34)C(c3ccc([N+](=O)[O-])cc3)N2C(=O)CN1CCN1CCOCC1. The molecule has 0 bridgehead atoms. The number of nitrogens with one attached hydrogen (secondary N) is 1. The van der Waals surface area contributed by atoms with Crippen molar-refractivity contribution in [2.75, 3.05) is 45.9 Å². The predicted octanol–water partition coefficient (Wildman–Crippen LogP) is 2.09. The van der Waals surface area contributed by atoms with Crippen molar-refractivity contribution in [3.63, 3.8) is 0 Å². The molecule has 1 N–H and O–H groups in total. The second kappa shape index (κ2) is 9.03. The lowest BCUT2D eigenvalue weighted by Gasteiger charge is -2.47. The molecule has 3 aliphatic rings. The van der Waals surface area contributed by atoms with Gasteiger partial charge in [-0.1, -0.05) is 18.2 Å². The molecule has 3 aliphatic heterocycles. The van der Waals surface area contributed by atoms with Crippen molar-refractivity contribution in [3.05, 3.63) is 75.5 Å². The Morgan fingerprint density at radius 2 is 1.78 bits per heavy atom. The number of benzene rings is 2. The smallest absolute Gasteiger partial charge is 0.269 e. The number of carbonyl (C=O) groups is 2. The second-order valence-electron chi connectivity index (χ2n) is 9.55. The first-order valence-corrected chi connectivity index (χ1v) is 12.2. The zero-order valence-corrected chi connectivity index (χ0v) is 19.8. The number of H-pyrrole nitrogens is 1. The number of amides is 2. The van der Waals surface area contributed by atoms with Crippen molar-refractivity contribution in [2.24, 2.45) is 0 Å². The van der Waals surface area contributed by atoms with Crippen LogP contribution in [0.2, 0.25) is 0 Å². The number of piperazine rings is 1. The Bertz CT molecular complexity index is 1330. The molecule has 1 unspecified atom stereocenters. The van der Waals surface area contributed by atoms with Crippen LogP contribution >= 0.6 is 0 Å². The van der Waals surface area contributed by atoms with Gasteiger partial charge in [0.2, 0.25) is 11.8 Å². The Morgan fingerprint density at radius 1 is 1.03 bits per heavy atom. The number of carbonyl (C=O) groups excluding carboxylic acids is 2. The van der Waals surface area contributed by atoms with Crippen molar-refractivity contribution in [1.29, 1.82) is 0 Å². The van der Waals surface area contributed by atoms with E-state index in [2.05, 4.69) is 9.88 Å². The number of non-ortho nitro benzene ring substituents is 1. The molecule has 4 heterocycles. The van der Waals surface area contributed by atoms with E-state index < -0.39 is 17.0 Å². The molecule has 2 saturated heterocycles. The number of hydrogen-bond acceptors (Lipinski definition) is 6. The maximum atomic E-state index is 13.8. The third-order valence-electron chi connectivity index (χ3n) is 7.55. The van der Waals surface area contributed by atoms with Crippen LogP contribution in [-0.2, 0) is 20.7 Å². The molecule has 6 rings (SSSR count). The number of rotatable bonds is 5. The molecule has 186 valence electrons. The number of ether oxygens (including phenoxy) is 1. The number of hydrogen-bond donors (Lipinski definition) is 1. The molecule has 2 fully saturated rings. The number of fused-ring (bicyclic) bond motifs is 4. The summed E-state index contributed by atoms with van der Waals surface area (Å²) < 4.78 is 5.41. The van der Waals surface area contributed by atoms with Gasteiger partial charge in [-0.2, -0.15) is 0 Å². The topological polar surface area (TPSA) is 112 Å². The zero-order chi connectivity index (χ0) is 24.8. The monoisotopic (exact) mass is 489 g/mol. The first-order valence-electron chi connectivity index (χ1n) is 12.2. The summed E-state index contributed by atoms with van der Waals surface area (Å²) in [7, 11) is 0. The van der Waals surface area contributed by atoms with E-state index in [0.29, 0.717) is 32.7 Å². The van der Waals surface area contributed by atoms with Crippen LogP contribution < -0.4 is 0 Å². The molecule has 0 aliphatic carbocycles. The van der Waals surface area contributed by atoms with Crippen molar-refractivity contribution in [3.8, 4) is 0 Å². The fourth-order valence-electron chi connectivity index (χ4n) is 5.72. The van der Waals surface area contributed by atoms with Crippen LogP contribution in [0.4, 0.5) is 5.69 Å². The Hall–Kier alpha value is -3.76. The number of para-hydroxylation sites is 1. The molecule has 10 heteroatoms. The van der Waals surface area contributed by atoms with Gasteiger partial charge in [0.25, 0.3) is 5.69 Å². The van der Waals surface area contributed by atoms with Gasteiger partial charge in [-0.15, -0.1) is 0 Å². The molecule has 36 heavy (non-hydrogen) atoms. The van der Waals surface area contributed by atoms with Crippen LogP contribution in [0.25, 0.3) is 10.9 Å².